The number of thiophene rings is 1. The van der Waals surface area contributed by atoms with Crippen LogP contribution in [-0.4, -0.2) is 60.9 Å². The second-order valence-corrected chi connectivity index (χ2v) is 8.40. The van der Waals surface area contributed by atoms with Crippen LogP contribution in [0.1, 0.15) is 22.9 Å². The van der Waals surface area contributed by atoms with Crippen LogP contribution in [0, 0.1) is 0 Å². The van der Waals surface area contributed by atoms with Crippen LogP contribution in [0.4, 0.5) is 0 Å². The van der Waals surface area contributed by atoms with Gasteiger partial charge in [0.15, 0.2) is 0 Å². The number of halogens is 1. The Labute approximate surface area is 179 Å². The standard InChI is InChI=1S/C21H23ClN2O4S/c1-23(2)9-5-10-24-18(16-6-4-11-29-16)17(20(26)21(24)27)19(25)13-7-8-15(28-3)14(22)12-13/h4,6-8,11-12,18,25H,5,9-10H2,1-3H3/b19-17+/t18-/m0/s1. The molecule has 1 amide bonds. The predicted octanol–water partition coefficient (Wildman–Crippen LogP) is 3.78. The lowest BCUT2D eigenvalue weighted by Gasteiger charge is -2.24. The summed E-state index contributed by atoms with van der Waals surface area (Å²) in [5.41, 5.74) is 0.451. The normalized spacial score (nSPS) is 18.7. The van der Waals surface area contributed by atoms with Gasteiger partial charge in [-0.15, -0.1) is 11.3 Å². The lowest BCUT2D eigenvalue weighted by atomic mass is 9.99. The Hall–Kier alpha value is -2.35. The summed E-state index contributed by atoms with van der Waals surface area (Å²) in [5, 5.41) is 13.2. The lowest BCUT2D eigenvalue weighted by molar-refractivity contribution is -0.139. The molecular weight excluding hydrogens is 412 g/mol. The molecule has 0 unspecified atom stereocenters. The lowest BCUT2D eigenvalue weighted by Crippen LogP contribution is -2.32. The number of methoxy groups -OCH3 is 1. The van der Waals surface area contributed by atoms with E-state index in [9.17, 15) is 14.7 Å². The highest BCUT2D eigenvalue weighted by atomic mass is 35.5. The average molecular weight is 435 g/mol. The van der Waals surface area contributed by atoms with Crippen molar-refractivity contribution in [2.24, 2.45) is 0 Å². The van der Waals surface area contributed by atoms with E-state index in [0.717, 1.165) is 17.8 Å². The summed E-state index contributed by atoms with van der Waals surface area (Å²) in [4.78, 5) is 30.0. The maximum atomic E-state index is 12.9. The minimum atomic E-state index is -0.683. The molecule has 1 N–H and O–H groups in total. The van der Waals surface area contributed by atoms with E-state index in [1.807, 2.05) is 36.5 Å². The minimum absolute atomic E-state index is 0.0866. The number of ketones is 1. The van der Waals surface area contributed by atoms with Crippen molar-refractivity contribution in [1.82, 2.24) is 9.80 Å². The molecule has 1 fully saturated rings. The number of carbonyl (C=O) groups is 2. The third-order valence-corrected chi connectivity index (χ3v) is 6.00. The molecular formula is C21H23ClN2O4S. The molecule has 2 heterocycles. The zero-order chi connectivity index (χ0) is 21.1. The Morgan fingerprint density at radius 1 is 1.31 bits per heavy atom. The molecule has 0 saturated carbocycles. The Morgan fingerprint density at radius 3 is 2.66 bits per heavy atom. The van der Waals surface area contributed by atoms with E-state index in [1.54, 1.807) is 17.0 Å². The smallest absolute Gasteiger partial charge is 0.295 e. The van der Waals surface area contributed by atoms with Gasteiger partial charge in [-0.25, -0.2) is 0 Å². The highest BCUT2D eigenvalue weighted by Gasteiger charge is 2.46. The van der Waals surface area contributed by atoms with Crippen LogP contribution in [0.5, 0.6) is 5.75 Å². The zero-order valence-corrected chi connectivity index (χ0v) is 18.1. The van der Waals surface area contributed by atoms with Gasteiger partial charge in [0, 0.05) is 17.0 Å². The van der Waals surface area contributed by atoms with Crippen LogP contribution < -0.4 is 4.74 Å². The summed E-state index contributed by atoms with van der Waals surface area (Å²) >= 11 is 7.63. The molecule has 0 radical (unpaired) electrons. The molecule has 0 spiro atoms. The van der Waals surface area contributed by atoms with Crippen molar-refractivity contribution >= 4 is 40.4 Å². The number of aliphatic hydroxyl groups excluding tert-OH is 1. The van der Waals surface area contributed by atoms with Crippen LogP contribution >= 0.6 is 22.9 Å². The van der Waals surface area contributed by atoms with Crippen LogP contribution in [0.25, 0.3) is 5.76 Å². The monoisotopic (exact) mass is 434 g/mol. The fourth-order valence-electron chi connectivity index (χ4n) is 3.38. The Morgan fingerprint density at radius 2 is 2.07 bits per heavy atom. The molecule has 3 rings (SSSR count). The minimum Gasteiger partial charge on any atom is -0.507 e. The van der Waals surface area contributed by atoms with Gasteiger partial charge in [-0.2, -0.15) is 0 Å². The number of likely N-dealkylation sites (tertiary alicyclic amines) is 1. The summed E-state index contributed by atoms with van der Waals surface area (Å²) in [7, 11) is 5.41. The van der Waals surface area contributed by atoms with Gasteiger partial charge in [-0.1, -0.05) is 17.7 Å². The first-order valence-electron chi connectivity index (χ1n) is 9.15. The first kappa shape index (κ1) is 21.4. The maximum absolute atomic E-state index is 12.9. The second kappa shape index (κ2) is 8.98. The highest BCUT2D eigenvalue weighted by Crippen LogP contribution is 2.41. The first-order chi connectivity index (χ1) is 13.8. The van der Waals surface area contributed by atoms with Gasteiger partial charge in [0.1, 0.15) is 11.5 Å². The molecule has 1 saturated heterocycles. The number of aliphatic hydroxyl groups is 1. The van der Waals surface area contributed by atoms with Gasteiger partial charge >= 0.3 is 0 Å². The molecule has 154 valence electrons. The maximum Gasteiger partial charge on any atom is 0.295 e. The fourth-order valence-corrected chi connectivity index (χ4v) is 4.48. The molecule has 8 heteroatoms. The van der Waals surface area contributed by atoms with E-state index in [0.29, 0.717) is 22.9 Å². The summed E-state index contributed by atoms with van der Waals surface area (Å²) in [6, 6.07) is 7.88. The van der Waals surface area contributed by atoms with E-state index in [4.69, 9.17) is 16.3 Å². The van der Waals surface area contributed by atoms with Crippen LogP contribution in [-0.2, 0) is 9.59 Å². The van der Waals surface area contributed by atoms with Gasteiger partial charge in [-0.3, -0.25) is 9.59 Å². The fraction of sp³-hybridized carbons (Fsp3) is 0.333. The van der Waals surface area contributed by atoms with Crippen molar-refractivity contribution in [2.45, 2.75) is 12.5 Å². The molecule has 1 aliphatic heterocycles. The molecule has 2 aromatic rings. The summed E-state index contributed by atoms with van der Waals surface area (Å²) < 4.78 is 5.14. The molecule has 29 heavy (non-hydrogen) atoms. The Kier molecular flexibility index (Phi) is 6.62. The SMILES string of the molecule is COc1ccc(/C(O)=C2\C(=O)C(=O)N(CCCN(C)C)[C@H]2c2cccs2)cc1Cl. The van der Waals surface area contributed by atoms with E-state index in [2.05, 4.69) is 0 Å². The Bertz CT molecular complexity index is 940. The van der Waals surface area contributed by atoms with E-state index >= 15 is 0 Å². The third-order valence-electron chi connectivity index (χ3n) is 4.78. The third kappa shape index (κ3) is 4.32. The van der Waals surface area contributed by atoms with Crippen LogP contribution in [0.3, 0.4) is 0 Å². The van der Waals surface area contributed by atoms with Crippen molar-refractivity contribution in [1.29, 1.82) is 0 Å². The largest absolute Gasteiger partial charge is 0.507 e. The van der Waals surface area contributed by atoms with Gasteiger partial charge in [-0.05, 0) is 56.7 Å². The molecule has 1 aliphatic rings. The van der Waals surface area contributed by atoms with Crippen molar-refractivity contribution in [2.75, 3.05) is 34.3 Å². The van der Waals surface area contributed by atoms with E-state index in [1.165, 1.54) is 24.5 Å². The second-order valence-electron chi connectivity index (χ2n) is 7.01. The molecule has 1 atom stereocenters. The Balaban J connectivity index is 2.05. The number of Topliss-reactive ketones (excluding diaryl/α,β-unsaturated/α-hetero) is 1. The van der Waals surface area contributed by atoms with Gasteiger partial charge < -0.3 is 19.6 Å². The van der Waals surface area contributed by atoms with Gasteiger partial charge in [0.2, 0.25) is 0 Å². The molecule has 0 aliphatic carbocycles. The van der Waals surface area contributed by atoms with E-state index < -0.39 is 17.7 Å². The molecule has 6 nitrogen and oxygen atoms in total. The van der Waals surface area contributed by atoms with Crippen LogP contribution in [0.2, 0.25) is 5.02 Å². The summed E-state index contributed by atoms with van der Waals surface area (Å²) in [5.74, 6) is -1.05. The van der Waals surface area contributed by atoms with Crippen molar-refractivity contribution in [3.8, 4) is 5.75 Å². The highest BCUT2D eigenvalue weighted by molar-refractivity contribution is 7.10. The topological polar surface area (TPSA) is 70.1 Å². The van der Waals surface area contributed by atoms with Crippen molar-refractivity contribution in [3.63, 3.8) is 0 Å². The number of carbonyl (C=O) groups excluding carboxylic acids is 2. The van der Waals surface area contributed by atoms with Crippen LogP contribution in [0.15, 0.2) is 41.3 Å². The van der Waals surface area contributed by atoms with Crippen molar-refractivity contribution in [3.05, 3.63) is 56.7 Å². The molecule has 1 aromatic heterocycles. The van der Waals surface area contributed by atoms with Gasteiger partial charge in [0.05, 0.1) is 23.7 Å². The summed E-state index contributed by atoms with van der Waals surface area (Å²) in [6.07, 6.45) is 0.719. The quantitative estimate of drug-likeness (QED) is 0.408. The zero-order valence-electron chi connectivity index (χ0n) is 16.5. The number of nitrogens with zero attached hydrogens (tertiary/aromatic N) is 2. The number of hydrogen-bond acceptors (Lipinski definition) is 6. The number of ether oxygens (including phenoxy) is 1. The first-order valence-corrected chi connectivity index (χ1v) is 10.4. The summed E-state index contributed by atoms with van der Waals surface area (Å²) in [6.45, 7) is 1.21. The number of amides is 1. The number of benzene rings is 1. The number of hydrogen-bond donors (Lipinski definition) is 1. The molecule has 0 bridgehead atoms. The predicted molar refractivity (Wildman–Crippen MR) is 115 cm³/mol. The molecule has 1 aromatic carbocycles. The van der Waals surface area contributed by atoms with Gasteiger partial charge in [0.25, 0.3) is 11.7 Å². The van der Waals surface area contributed by atoms with Crippen molar-refractivity contribution < 1.29 is 19.4 Å². The average Bonchev–Trinajstić information content (AvgIpc) is 3.29. The number of rotatable bonds is 7. The van der Waals surface area contributed by atoms with E-state index in [-0.39, 0.29) is 11.3 Å².